The van der Waals surface area contributed by atoms with Crippen molar-refractivity contribution in [2.45, 2.75) is 12.8 Å². The summed E-state index contributed by atoms with van der Waals surface area (Å²) in [6.07, 6.45) is 1.73. The van der Waals surface area contributed by atoms with E-state index in [0.29, 0.717) is 11.8 Å². The molecule has 1 aromatic rings. The lowest BCUT2D eigenvalue weighted by Gasteiger charge is -2.08. The fraction of sp³-hybridized carbons (Fsp3) is 0.375. The summed E-state index contributed by atoms with van der Waals surface area (Å²) in [6.45, 7) is 2.50. The second-order valence-electron chi connectivity index (χ2n) is 2.65. The number of halogens is 1. The molecule has 1 heterocycles. The van der Waals surface area contributed by atoms with E-state index < -0.39 is 0 Å². The Balaban J connectivity index is 2.68. The molecular weight excluding hydrogens is 176 g/mol. The highest BCUT2D eigenvalue weighted by Gasteiger charge is 2.04. The maximum atomic E-state index is 5.63. The van der Waals surface area contributed by atoms with Gasteiger partial charge in [-0.1, -0.05) is 24.6 Å². The summed E-state index contributed by atoms with van der Waals surface area (Å²) in [5, 5.41) is 0.500. The minimum absolute atomic E-state index is 0.250. The topological polar surface area (TPSA) is 48.1 Å². The molecule has 4 heteroatoms. The normalized spacial score (nSPS) is 12.9. The number of hydrogen-bond acceptors (Lipinski definition) is 3. The van der Waals surface area contributed by atoms with Gasteiger partial charge in [0.1, 0.15) is 5.15 Å². The van der Waals surface area contributed by atoms with Gasteiger partial charge in [0, 0.05) is 12.1 Å². The highest BCUT2D eigenvalue weighted by atomic mass is 35.5. The van der Waals surface area contributed by atoms with Gasteiger partial charge in [-0.15, -0.1) is 0 Å². The van der Waals surface area contributed by atoms with E-state index in [1.165, 1.54) is 0 Å². The maximum absolute atomic E-state index is 5.63. The first-order valence-electron chi connectivity index (χ1n) is 3.67. The zero-order chi connectivity index (χ0) is 8.97. The van der Waals surface area contributed by atoms with E-state index in [2.05, 4.69) is 9.82 Å². The molecule has 0 saturated heterocycles. The van der Waals surface area contributed by atoms with Crippen molar-refractivity contribution in [1.82, 2.24) is 4.98 Å². The largest absolute Gasteiger partial charge is 0.304 e. The molecule has 66 valence electrons. The minimum atomic E-state index is 0.250. The molecule has 0 aliphatic heterocycles. The minimum Gasteiger partial charge on any atom is -0.304 e. The van der Waals surface area contributed by atoms with E-state index in [1.54, 1.807) is 12.3 Å². The number of aromatic nitrogens is 1. The van der Waals surface area contributed by atoms with Gasteiger partial charge >= 0.3 is 0 Å². The van der Waals surface area contributed by atoms with Crippen LogP contribution in [0.25, 0.3) is 0 Å². The molecule has 0 aromatic carbocycles. The van der Waals surface area contributed by atoms with Crippen LogP contribution in [-0.4, -0.2) is 11.6 Å². The molecule has 0 fully saturated rings. The predicted molar refractivity (Wildman–Crippen MR) is 47.8 cm³/mol. The Kier molecular flexibility index (Phi) is 3.47. The van der Waals surface area contributed by atoms with Crippen LogP contribution in [0.4, 0.5) is 0 Å². The zero-order valence-corrected chi connectivity index (χ0v) is 7.58. The van der Waals surface area contributed by atoms with Gasteiger partial charge in [-0.05, 0) is 11.6 Å². The predicted octanol–water partition coefficient (Wildman–Crippen LogP) is 1.73. The molecule has 0 amide bonds. The summed E-state index contributed by atoms with van der Waals surface area (Å²) < 4.78 is 0. The smallest absolute Gasteiger partial charge is 0.129 e. The summed E-state index contributed by atoms with van der Waals surface area (Å²) in [5.74, 6) is 5.20. The molecular formula is C8H11ClN2O. The first-order valence-corrected chi connectivity index (χ1v) is 4.05. The molecule has 0 spiro atoms. The van der Waals surface area contributed by atoms with Crippen molar-refractivity contribution in [3.63, 3.8) is 0 Å². The molecule has 1 unspecified atom stereocenters. The van der Waals surface area contributed by atoms with Crippen LogP contribution in [0, 0.1) is 0 Å². The number of rotatable bonds is 3. The second-order valence-corrected chi connectivity index (χ2v) is 3.04. The van der Waals surface area contributed by atoms with Crippen molar-refractivity contribution in [3.05, 3.63) is 29.0 Å². The average molecular weight is 187 g/mol. The van der Waals surface area contributed by atoms with E-state index in [1.807, 2.05) is 13.0 Å². The Morgan fingerprint density at radius 3 is 2.92 bits per heavy atom. The van der Waals surface area contributed by atoms with Gasteiger partial charge in [0.2, 0.25) is 0 Å². The van der Waals surface area contributed by atoms with Crippen LogP contribution in [0.1, 0.15) is 18.4 Å². The quantitative estimate of drug-likeness (QED) is 0.578. The third-order valence-electron chi connectivity index (χ3n) is 1.67. The van der Waals surface area contributed by atoms with Crippen LogP contribution in [0.2, 0.25) is 5.15 Å². The fourth-order valence-electron chi connectivity index (χ4n) is 0.919. The average Bonchev–Trinajstić information content (AvgIpc) is 2.06. The van der Waals surface area contributed by atoms with Gasteiger partial charge in [0.15, 0.2) is 0 Å². The van der Waals surface area contributed by atoms with Crippen molar-refractivity contribution < 1.29 is 4.84 Å². The summed E-state index contributed by atoms with van der Waals surface area (Å²) in [7, 11) is 0. The van der Waals surface area contributed by atoms with Gasteiger partial charge in [-0.2, -0.15) is 0 Å². The number of pyridine rings is 1. The van der Waals surface area contributed by atoms with Crippen molar-refractivity contribution in [2.24, 2.45) is 5.90 Å². The van der Waals surface area contributed by atoms with Crippen LogP contribution in [0.3, 0.4) is 0 Å². The van der Waals surface area contributed by atoms with E-state index in [4.69, 9.17) is 17.5 Å². The first kappa shape index (κ1) is 9.45. The number of nitrogens with zero attached hydrogens (tertiary/aromatic N) is 1. The molecule has 2 N–H and O–H groups in total. The molecule has 0 aliphatic rings. The van der Waals surface area contributed by atoms with E-state index >= 15 is 0 Å². The van der Waals surface area contributed by atoms with Crippen molar-refractivity contribution in [2.75, 3.05) is 6.61 Å². The molecule has 0 bridgehead atoms. The standard InChI is InChI=1S/C8H11ClN2O/c1-6(5-12-10)7-2-3-8(9)11-4-7/h2-4,6H,5,10H2,1H3. The highest BCUT2D eigenvalue weighted by molar-refractivity contribution is 6.29. The number of nitrogens with two attached hydrogens (primary N) is 1. The Morgan fingerprint density at radius 2 is 2.42 bits per heavy atom. The van der Waals surface area contributed by atoms with Crippen molar-refractivity contribution in [1.29, 1.82) is 0 Å². The SMILES string of the molecule is CC(CON)c1ccc(Cl)nc1. The molecule has 0 aliphatic carbocycles. The van der Waals surface area contributed by atoms with E-state index in [9.17, 15) is 0 Å². The Bertz CT molecular complexity index is 237. The van der Waals surface area contributed by atoms with Crippen LogP contribution in [0.15, 0.2) is 18.3 Å². The lowest BCUT2D eigenvalue weighted by molar-refractivity contribution is 0.126. The number of hydrogen-bond donors (Lipinski definition) is 1. The van der Waals surface area contributed by atoms with Crippen LogP contribution >= 0.6 is 11.6 Å². The van der Waals surface area contributed by atoms with Gasteiger partial charge in [-0.25, -0.2) is 10.9 Å². The molecule has 3 nitrogen and oxygen atoms in total. The lowest BCUT2D eigenvalue weighted by Crippen LogP contribution is -2.08. The third-order valence-corrected chi connectivity index (χ3v) is 1.89. The summed E-state index contributed by atoms with van der Waals surface area (Å²) in [4.78, 5) is 8.48. The van der Waals surface area contributed by atoms with Gasteiger partial charge in [0.25, 0.3) is 0 Å². The van der Waals surface area contributed by atoms with Gasteiger partial charge < -0.3 is 4.84 Å². The van der Waals surface area contributed by atoms with Crippen LogP contribution < -0.4 is 5.90 Å². The highest BCUT2D eigenvalue weighted by Crippen LogP contribution is 2.15. The first-order chi connectivity index (χ1) is 5.74. The summed E-state index contributed by atoms with van der Waals surface area (Å²) >= 11 is 5.63. The molecule has 1 atom stereocenters. The van der Waals surface area contributed by atoms with Crippen LogP contribution in [0.5, 0.6) is 0 Å². The van der Waals surface area contributed by atoms with E-state index in [0.717, 1.165) is 5.56 Å². The summed E-state index contributed by atoms with van der Waals surface area (Å²) in [5.41, 5.74) is 1.07. The monoisotopic (exact) mass is 186 g/mol. The van der Waals surface area contributed by atoms with Gasteiger partial charge in [0.05, 0.1) is 6.61 Å². The second kappa shape index (κ2) is 4.40. The fourth-order valence-corrected chi connectivity index (χ4v) is 1.03. The third kappa shape index (κ3) is 2.44. The molecule has 1 rings (SSSR count). The Hall–Kier alpha value is -0.640. The van der Waals surface area contributed by atoms with E-state index in [-0.39, 0.29) is 5.92 Å². The Morgan fingerprint density at radius 1 is 1.67 bits per heavy atom. The zero-order valence-electron chi connectivity index (χ0n) is 6.83. The molecule has 12 heavy (non-hydrogen) atoms. The summed E-state index contributed by atoms with van der Waals surface area (Å²) in [6, 6.07) is 3.67. The Labute approximate surface area is 76.5 Å². The van der Waals surface area contributed by atoms with Crippen LogP contribution in [-0.2, 0) is 4.84 Å². The molecule has 0 radical (unpaired) electrons. The van der Waals surface area contributed by atoms with Crippen molar-refractivity contribution in [3.8, 4) is 0 Å². The molecule has 1 aromatic heterocycles. The molecule has 0 saturated carbocycles. The van der Waals surface area contributed by atoms with Crippen molar-refractivity contribution >= 4 is 11.6 Å². The maximum Gasteiger partial charge on any atom is 0.129 e. The van der Waals surface area contributed by atoms with Gasteiger partial charge in [-0.3, -0.25) is 0 Å². The lowest BCUT2D eigenvalue weighted by atomic mass is 10.1.